The number of hydrogen-bond acceptors (Lipinski definition) is 7. The van der Waals surface area contributed by atoms with E-state index in [2.05, 4.69) is 20.4 Å². The molecule has 4 aromatic rings. The van der Waals surface area contributed by atoms with E-state index >= 15 is 0 Å². The topological polar surface area (TPSA) is 91.2 Å². The average molecular weight is 448 g/mol. The van der Waals surface area contributed by atoms with Crippen LogP contribution in [-0.2, 0) is 11.3 Å². The minimum atomic E-state index is -0.346. The zero-order valence-electron chi connectivity index (χ0n) is 17.6. The van der Waals surface area contributed by atoms with E-state index in [4.69, 9.17) is 9.47 Å². The van der Waals surface area contributed by atoms with Crippen molar-refractivity contribution < 1.29 is 14.3 Å². The third kappa shape index (κ3) is 3.99. The maximum Gasteiger partial charge on any atom is 0.233 e. The lowest BCUT2D eigenvalue weighted by molar-refractivity contribution is -0.120. The maximum absolute atomic E-state index is 12.8. The molecule has 0 saturated heterocycles. The van der Waals surface area contributed by atoms with Crippen LogP contribution in [0.15, 0.2) is 59.8 Å². The van der Waals surface area contributed by atoms with Gasteiger partial charge in [0.1, 0.15) is 10.9 Å². The van der Waals surface area contributed by atoms with Crippen molar-refractivity contribution in [2.45, 2.75) is 30.7 Å². The van der Waals surface area contributed by atoms with Gasteiger partial charge < -0.3 is 14.8 Å². The summed E-state index contributed by atoms with van der Waals surface area (Å²) in [5.41, 5.74) is 2.59. The third-order valence-corrected chi connectivity index (χ3v) is 6.17. The third-order valence-electron chi connectivity index (χ3n) is 5.07. The fourth-order valence-electron chi connectivity index (χ4n) is 3.44. The van der Waals surface area contributed by atoms with Crippen LogP contribution in [0.2, 0.25) is 0 Å². The van der Waals surface area contributed by atoms with Crippen molar-refractivity contribution in [1.29, 1.82) is 0 Å². The monoisotopic (exact) mass is 447 g/mol. The van der Waals surface area contributed by atoms with Crippen LogP contribution in [0.5, 0.6) is 11.5 Å². The van der Waals surface area contributed by atoms with Gasteiger partial charge in [-0.15, -0.1) is 0 Å². The second kappa shape index (κ2) is 8.51. The number of thioether (sulfide) groups is 1. The molecule has 0 saturated carbocycles. The van der Waals surface area contributed by atoms with Gasteiger partial charge in [0.25, 0.3) is 0 Å². The van der Waals surface area contributed by atoms with Gasteiger partial charge in [-0.25, -0.2) is 14.6 Å². The summed E-state index contributed by atoms with van der Waals surface area (Å²) >= 11 is 1.40. The van der Waals surface area contributed by atoms with E-state index in [1.807, 2.05) is 62.4 Å². The number of aromatic nitrogens is 4. The molecule has 1 aliphatic rings. The predicted octanol–water partition coefficient (Wildman–Crippen LogP) is 3.65. The first-order valence-electron chi connectivity index (χ1n) is 10.2. The van der Waals surface area contributed by atoms with Crippen LogP contribution >= 0.6 is 11.8 Å². The van der Waals surface area contributed by atoms with Crippen molar-refractivity contribution in [2.75, 3.05) is 6.79 Å². The number of aryl methyl sites for hydroxylation is 1. The van der Waals surface area contributed by atoms with Gasteiger partial charge in [-0.3, -0.25) is 4.79 Å². The van der Waals surface area contributed by atoms with Crippen LogP contribution in [0, 0.1) is 6.92 Å². The molecule has 0 bridgehead atoms. The number of rotatable bonds is 6. The molecule has 1 aliphatic heterocycles. The maximum atomic E-state index is 12.8. The highest BCUT2D eigenvalue weighted by Gasteiger charge is 2.20. The molecule has 3 heterocycles. The van der Waals surface area contributed by atoms with Crippen LogP contribution in [0.1, 0.15) is 18.3 Å². The Labute approximate surface area is 189 Å². The van der Waals surface area contributed by atoms with Crippen molar-refractivity contribution in [1.82, 2.24) is 25.1 Å². The van der Waals surface area contributed by atoms with Gasteiger partial charge in [-0.05, 0) is 43.7 Å². The van der Waals surface area contributed by atoms with Gasteiger partial charge in [0.15, 0.2) is 17.1 Å². The minimum absolute atomic E-state index is 0.0764. The zero-order valence-corrected chi connectivity index (χ0v) is 18.4. The molecule has 1 N–H and O–H groups in total. The lowest BCUT2D eigenvalue weighted by atomic mass is 10.2. The van der Waals surface area contributed by atoms with Crippen LogP contribution in [0.3, 0.4) is 0 Å². The van der Waals surface area contributed by atoms with E-state index < -0.39 is 0 Å². The summed E-state index contributed by atoms with van der Waals surface area (Å²) in [4.78, 5) is 21.9. The zero-order chi connectivity index (χ0) is 22.1. The SMILES string of the molecule is Cc1nc(S[C@@H](C)C(=O)NCc2ccc3c(c2)OCO3)c2cnn(-c3ccccc3)c2n1. The summed E-state index contributed by atoms with van der Waals surface area (Å²) in [7, 11) is 0. The molecule has 2 aromatic heterocycles. The molecular weight excluding hydrogens is 426 g/mol. The number of carbonyl (C=O) groups is 1. The Morgan fingerprint density at radius 1 is 1.16 bits per heavy atom. The predicted molar refractivity (Wildman–Crippen MR) is 121 cm³/mol. The molecule has 5 rings (SSSR count). The van der Waals surface area contributed by atoms with E-state index in [9.17, 15) is 4.79 Å². The van der Waals surface area contributed by atoms with Gasteiger partial charge in [0.2, 0.25) is 12.7 Å². The van der Waals surface area contributed by atoms with E-state index in [0.29, 0.717) is 18.1 Å². The van der Waals surface area contributed by atoms with Gasteiger partial charge in [-0.1, -0.05) is 36.0 Å². The Bertz CT molecular complexity index is 1290. The summed E-state index contributed by atoms with van der Waals surface area (Å²) in [6.45, 7) is 4.35. The lowest BCUT2D eigenvalue weighted by Crippen LogP contribution is -2.30. The molecule has 9 heteroatoms. The molecule has 0 radical (unpaired) electrons. The van der Waals surface area contributed by atoms with Gasteiger partial charge in [-0.2, -0.15) is 5.10 Å². The number of carbonyl (C=O) groups excluding carboxylic acids is 1. The number of nitrogens with zero attached hydrogens (tertiary/aromatic N) is 4. The summed E-state index contributed by atoms with van der Waals surface area (Å²) < 4.78 is 12.5. The Morgan fingerprint density at radius 3 is 2.81 bits per heavy atom. The molecule has 32 heavy (non-hydrogen) atoms. The molecule has 1 atom stereocenters. The number of fused-ring (bicyclic) bond motifs is 2. The van der Waals surface area contributed by atoms with Crippen molar-refractivity contribution in [3.8, 4) is 17.2 Å². The molecule has 0 aliphatic carbocycles. The van der Waals surface area contributed by atoms with Gasteiger partial charge >= 0.3 is 0 Å². The number of hydrogen-bond donors (Lipinski definition) is 1. The molecule has 1 amide bonds. The molecule has 8 nitrogen and oxygen atoms in total. The Hall–Kier alpha value is -3.59. The number of ether oxygens (including phenoxy) is 2. The second-order valence-corrected chi connectivity index (χ2v) is 8.70. The fourth-order valence-corrected chi connectivity index (χ4v) is 4.42. The molecular formula is C23H21N5O3S. The van der Waals surface area contributed by atoms with Crippen LogP contribution in [-0.4, -0.2) is 37.7 Å². The fraction of sp³-hybridized carbons (Fsp3) is 0.217. The van der Waals surface area contributed by atoms with Crippen molar-refractivity contribution >= 4 is 28.7 Å². The normalized spacial score (nSPS) is 13.3. The quantitative estimate of drug-likeness (QED) is 0.356. The highest BCUT2D eigenvalue weighted by molar-refractivity contribution is 8.00. The summed E-state index contributed by atoms with van der Waals surface area (Å²) in [6, 6.07) is 15.5. The largest absolute Gasteiger partial charge is 0.454 e. The Morgan fingerprint density at radius 2 is 1.97 bits per heavy atom. The molecule has 0 unspecified atom stereocenters. The van der Waals surface area contributed by atoms with Gasteiger partial charge in [0.05, 0.1) is 22.5 Å². The van der Waals surface area contributed by atoms with E-state index in [-0.39, 0.29) is 18.0 Å². The number of para-hydroxylation sites is 1. The lowest BCUT2D eigenvalue weighted by Gasteiger charge is -2.13. The summed E-state index contributed by atoms with van der Waals surface area (Å²) in [6.07, 6.45) is 1.75. The van der Waals surface area contributed by atoms with Crippen molar-refractivity contribution in [2.24, 2.45) is 0 Å². The Balaban J connectivity index is 1.31. The van der Waals surface area contributed by atoms with Crippen molar-refractivity contribution in [3.05, 3.63) is 66.1 Å². The molecule has 0 fully saturated rings. The summed E-state index contributed by atoms with van der Waals surface area (Å²) in [5, 5.41) is 8.70. The summed E-state index contributed by atoms with van der Waals surface area (Å²) in [5.74, 6) is 1.98. The van der Waals surface area contributed by atoms with Gasteiger partial charge in [0, 0.05) is 6.54 Å². The number of amides is 1. The first kappa shape index (κ1) is 20.3. The van der Waals surface area contributed by atoms with E-state index in [0.717, 1.165) is 33.1 Å². The highest BCUT2D eigenvalue weighted by atomic mass is 32.2. The van der Waals surface area contributed by atoms with Crippen molar-refractivity contribution in [3.63, 3.8) is 0 Å². The van der Waals surface area contributed by atoms with Crippen LogP contribution in [0.25, 0.3) is 16.7 Å². The minimum Gasteiger partial charge on any atom is -0.454 e. The molecule has 162 valence electrons. The van der Waals surface area contributed by atoms with Crippen LogP contribution < -0.4 is 14.8 Å². The average Bonchev–Trinajstić information content (AvgIpc) is 3.44. The number of benzene rings is 2. The first-order valence-corrected chi connectivity index (χ1v) is 11.1. The van der Waals surface area contributed by atoms with E-state index in [1.165, 1.54) is 11.8 Å². The highest BCUT2D eigenvalue weighted by Crippen LogP contribution is 2.33. The van der Waals surface area contributed by atoms with Crippen LogP contribution in [0.4, 0.5) is 0 Å². The van der Waals surface area contributed by atoms with E-state index in [1.54, 1.807) is 10.9 Å². The number of nitrogens with one attached hydrogen (secondary N) is 1. The standard InChI is InChI=1S/C23H21N5O3S/c1-14(22(29)24-11-16-8-9-19-20(10-16)31-13-30-19)32-23-18-12-25-28(17-6-4-3-5-7-17)21(18)26-15(2)27-23/h3-10,12,14H,11,13H2,1-2H3,(H,24,29)/t14-/m0/s1. The first-order chi connectivity index (χ1) is 15.6. The Kier molecular flexibility index (Phi) is 5.40. The smallest absolute Gasteiger partial charge is 0.233 e. The second-order valence-electron chi connectivity index (χ2n) is 7.37. The molecule has 0 spiro atoms. The molecule has 2 aromatic carbocycles.